The van der Waals surface area contributed by atoms with Crippen LogP contribution in [0.5, 0.6) is 0 Å². The average molecular weight is 273 g/mol. The molecule has 1 aromatic carbocycles. The first-order valence-corrected chi connectivity index (χ1v) is 7.76. The molecule has 1 aliphatic heterocycles. The van der Waals surface area contributed by atoms with E-state index in [1.165, 1.54) is 19.3 Å². The van der Waals surface area contributed by atoms with Crippen molar-refractivity contribution in [3.05, 3.63) is 35.9 Å². The van der Waals surface area contributed by atoms with Gasteiger partial charge in [0, 0.05) is 6.54 Å². The third-order valence-corrected chi connectivity index (χ3v) is 4.56. The van der Waals surface area contributed by atoms with E-state index in [-0.39, 0.29) is 11.4 Å². The Morgan fingerprint density at radius 2 is 1.80 bits per heavy atom. The number of hydrogen-bond acceptors (Lipinski definition) is 3. The predicted molar refractivity (Wildman–Crippen MR) is 78.6 cm³/mol. The van der Waals surface area contributed by atoms with Crippen LogP contribution in [0.3, 0.4) is 0 Å². The van der Waals surface area contributed by atoms with Crippen LogP contribution in [0.1, 0.15) is 37.7 Å². The Balaban J connectivity index is 1.49. The molecule has 0 amide bonds. The van der Waals surface area contributed by atoms with Crippen molar-refractivity contribution >= 4 is 5.97 Å². The van der Waals surface area contributed by atoms with Crippen molar-refractivity contribution < 1.29 is 9.53 Å². The Morgan fingerprint density at radius 1 is 1.10 bits per heavy atom. The van der Waals surface area contributed by atoms with Gasteiger partial charge in [-0.2, -0.15) is 0 Å². The zero-order valence-corrected chi connectivity index (χ0v) is 12.0. The maximum atomic E-state index is 12.3. The van der Waals surface area contributed by atoms with Crippen LogP contribution in [-0.4, -0.2) is 37.1 Å². The lowest BCUT2D eigenvalue weighted by atomic mass is 9.96. The Bertz CT molecular complexity index is 447. The van der Waals surface area contributed by atoms with E-state index >= 15 is 0 Å². The SMILES string of the molecule is O=C(OCCN1CCCCC1)C1(c2ccccc2)CC1. The van der Waals surface area contributed by atoms with E-state index in [0.717, 1.165) is 38.0 Å². The molecule has 2 fully saturated rings. The summed E-state index contributed by atoms with van der Waals surface area (Å²) in [6.07, 6.45) is 5.76. The zero-order valence-electron chi connectivity index (χ0n) is 12.0. The van der Waals surface area contributed by atoms with Crippen LogP contribution in [0, 0.1) is 0 Å². The van der Waals surface area contributed by atoms with Gasteiger partial charge in [-0.15, -0.1) is 0 Å². The van der Waals surface area contributed by atoms with Gasteiger partial charge in [-0.1, -0.05) is 36.8 Å². The summed E-state index contributed by atoms with van der Waals surface area (Å²) in [5, 5.41) is 0. The van der Waals surface area contributed by atoms with Crippen molar-refractivity contribution in [3.8, 4) is 0 Å². The van der Waals surface area contributed by atoms with E-state index in [4.69, 9.17) is 4.74 Å². The van der Waals surface area contributed by atoms with Crippen molar-refractivity contribution in [2.75, 3.05) is 26.2 Å². The van der Waals surface area contributed by atoms with Gasteiger partial charge in [-0.3, -0.25) is 9.69 Å². The third kappa shape index (κ3) is 2.88. The fraction of sp³-hybridized carbons (Fsp3) is 0.588. The van der Waals surface area contributed by atoms with Crippen LogP contribution in [0.4, 0.5) is 0 Å². The minimum Gasteiger partial charge on any atom is -0.464 e. The Hall–Kier alpha value is -1.35. The van der Waals surface area contributed by atoms with Crippen LogP contribution < -0.4 is 0 Å². The number of rotatable bonds is 5. The second-order valence-corrected chi connectivity index (χ2v) is 5.99. The van der Waals surface area contributed by atoms with Gasteiger partial charge < -0.3 is 4.74 Å². The third-order valence-electron chi connectivity index (χ3n) is 4.56. The summed E-state index contributed by atoms with van der Waals surface area (Å²) in [6.45, 7) is 3.73. The monoisotopic (exact) mass is 273 g/mol. The summed E-state index contributed by atoms with van der Waals surface area (Å²) >= 11 is 0. The molecule has 1 aliphatic carbocycles. The van der Waals surface area contributed by atoms with Crippen molar-refractivity contribution in [1.82, 2.24) is 4.90 Å². The molecule has 3 nitrogen and oxygen atoms in total. The lowest BCUT2D eigenvalue weighted by Gasteiger charge is -2.26. The van der Waals surface area contributed by atoms with Crippen LogP contribution >= 0.6 is 0 Å². The molecule has 1 saturated carbocycles. The molecular weight excluding hydrogens is 250 g/mol. The van der Waals surface area contributed by atoms with Crippen LogP contribution in [0.2, 0.25) is 0 Å². The second kappa shape index (κ2) is 5.96. The van der Waals surface area contributed by atoms with Gasteiger partial charge in [0.15, 0.2) is 0 Å². The van der Waals surface area contributed by atoms with Gasteiger partial charge in [-0.05, 0) is 44.3 Å². The summed E-state index contributed by atoms with van der Waals surface area (Å²) < 4.78 is 5.55. The van der Waals surface area contributed by atoms with E-state index in [1.54, 1.807) is 0 Å². The normalized spacial score (nSPS) is 21.4. The highest BCUT2D eigenvalue weighted by atomic mass is 16.5. The highest BCUT2D eigenvalue weighted by molar-refractivity contribution is 5.86. The lowest BCUT2D eigenvalue weighted by Crippen LogP contribution is -2.34. The average Bonchev–Trinajstić information content (AvgIpc) is 3.31. The molecule has 2 aliphatic rings. The first kappa shape index (κ1) is 13.6. The van der Waals surface area contributed by atoms with Crippen LogP contribution in [-0.2, 0) is 14.9 Å². The summed E-state index contributed by atoms with van der Waals surface area (Å²) in [4.78, 5) is 14.7. The standard InChI is InChI=1S/C17H23NO2/c19-16(20-14-13-18-11-5-2-6-12-18)17(9-10-17)15-7-3-1-4-8-15/h1,3-4,7-8H,2,5-6,9-14H2. The van der Waals surface area contributed by atoms with Crippen molar-refractivity contribution in [2.45, 2.75) is 37.5 Å². The number of carbonyl (C=O) groups is 1. The maximum absolute atomic E-state index is 12.3. The molecular formula is C17H23NO2. The minimum atomic E-state index is -0.330. The molecule has 0 N–H and O–H groups in total. The van der Waals surface area contributed by atoms with Gasteiger partial charge in [0.2, 0.25) is 0 Å². The summed E-state index contributed by atoms with van der Waals surface area (Å²) in [6, 6.07) is 10.1. The number of carbonyl (C=O) groups excluding carboxylic acids is 1. The van der Waals surface area contributed by atoms with Crippen LogP contribution in [0.25, 0.3) is 0 Å². The quantitative estimate of drug-likeness (QED) is 0.773. The van der Waals surface area contributed by atoms with Gasteiger partial charge in [0.1, 0.15) is 6.61 Å². The molecule has 1 aromatic rings. The largest absolute Gasteiger partial charge is 0.464 e. The maximum Gasteiger partial charge on any atom is 0.316 e. The molecule has 0 spiro atoms. The number of likely N-dealkylation sites (tertiary alicyclic amines) is 1. The zero-order chi connectivity index (χ0) is 13.8. The van der Waals surface area contributed by atoms with E-state index in [1.807, 2.05) is 30.3 Å². The summed E-state index contributed by atoms with van der Waals surface area (Å²) in [5.74, 6) is -0.0271. The molecule has 0 radical (unpaired) electrons. The highest BCUT2D eigenvalue weighted by Crippen LogP contribution is 2.49. The number of nitrogens with zero attached hydrogens (tertiary/aromatic N) is 1. The molecule has 0 bridgehead atoms. The summed E-state index contributed by atoms with van der Waals surface area (Å²) in [5.41, 5.74) is 0.784. The highest BCUT2D eigenvalue weighted by Gasteiger charge is 2.52. The van der Waals surface area contributed by atoms with Gasteiger partial charge in [0.25, 0.3) is 0 Å². The molecule has 0 aromatic heterocycles. The topological polar surface area (TPSA) is 29.5 Å². The van der Waals surface area contributed by atoms with Gasteiger partial charge >= 0.3 is 5.97 Å². The first-order chi connectivity index (χ1) is 9.81. The molecule has 108 valence electrons. The van der Waals surface area contributed by atoms with Crippen molar-refractivity contribution in [2.24, 2.45) is 0 Å². The number of piperidine rings is 1. The number of hydrogen-bond donors (Lipinski definition) is 0. The smallest absolute Gasteiger partial charge is 0.316 e. The van der Waals surface area contributed by atoms with E-state index in [9.17, 15) is 4.79 Å². The fourth-order valence-corrected chi connectivity index (χ4v) is 3.08. The second-order valence-electron chi connectivity index (χ2n) is 5.99. The van der Waals surface area contributed by atoms with E-state index < -0.39 is 0 Å². The molecule has 3 rings (SSSR count). The molecule has 20 heavy (non-hydrogen) atoms. The molecule has 1 heterocycles. The van der Waals surface area contributed by atoms with E-state index in [0.29, 0.717) is 6.61 Å². The van der Waals surface area contributed by atoms with Gasteiger partial charge in [0.05, 0.1) is 5.41 Å². The molecule has 0 atom stereocenters. The molecule has 3 heteroatoms. The number of esters is 1. The Kier molecular flexibility index (Phi) is 4.06. The van der Waals surface area contributed by atoms with Crippen molar-refractivity contribution in [3.63, 3.8) is 0 Å². The molecule has 0 unspecified atom stereocenters. The molecule has 1 saturated heterocycles. The minimum absolute atomic E-state index is 0.0271. The number of ether oxygens (including phenoxy) is 1. The summed E-state index contributed by atoms with van der Waals surface area (Å²) in [7, 11) is 0. The lowest BCUT2D eigenvalue weighted by molar-refractivity contribution is -0.147. The Labute approximate surface area is 120 Å². The predicted octanol–water partition coefficient (Wildman–Crippen LogP) is 2.75. The number of benzene rings is 1. The fourth-order valence-electron chi connectivity index (χ4n) is 3.08. The van der Waals surface area contributed by atoms with Crippen molar-refractivity contribution in [1.29, 1.82) is 0 Å². The van der Waals surface area contributed by atoms with Crippen LogP contribution in [0.15, 0.2) is 30.3 Å². The first-order valence-electron chi connectivity index (χ1n) is 7.76. The van der Waals surface area contributed by atoms with E-state index in [2.05, 4.69) is 4.90 Å². The van der Waals surface area contributed by atoms with Gasteiger partial charge in [-0.25, -0.2) is 0 Å². The Morgan fingerprint density at radius 3 is 2.45 bits per heavy atom.